The second-order valence-corrected chi connectivity index (χ2v) is 3.54. The van der Waals surface area contributed by atoms with Gasteiger partial charge in [0.1, 0.15) is 0 Å². The van der Waals surface area contributed by atoms with Crippen LogP contribution in [-0.2, 0) is 0 Å². The van der Waals surface area contributed by atoms with E-state index < -0.39 is 0 Å². The first-order valence-electron chi connectivity index (χ1n) is 4.27. The van der Waals surface area contributed by atoms with Gasteiger partial charge in [-0.2, -0.15) is 0 Å². The molecule has 0 aromatic heterocycles. The standard InChI is InChI=1S/C11H13N/c1-6-5-12-11-9(4)7(2)8(3)10(6)11/h5H,1-4H3. The Morgan fingerprint density at radius 1 is 0.917 bits per heavy atom. The highest BCUT2D eigenvalue weighted by Crippen LogP contribution is 2.40. The molecule has 1 nitrogen and oxygen atoms in total. The van der Waals surface area contributed by atoms with E-state index in [2.05, 4.69) is 32.7 Å². The molecule has 1 heterocycles. The maximum absolute atomic E-state index is 4.40. The first-order valence-corrected chi connectivity index (χ1v) is 4.27. The number of aliphatic imine (C=N–C) groups is 1. The van der Waals surface area contributed by atoms with Crippen molar-refractivity contribution >= 4 is 6.21 Å². The summed E-state index contributed by atoms with van der Waals surface area (Å²) in [6.07, 6.45) is 1.96. The predicted molar refractivity (Wildman–Crippen MR) is 52.3 cm³/mol. The Morgan fingerprint density at radius 2 is 1.58 bits per heavy atom. The van der Waals surface area contributed by atoms with Gasteiger partial charge in [-0.3, -0.25) is 4.99 Å². The van der Waals surface area contributed by atoms with E-state index in [0.717, 1.165) is 0 Å². The monoisotopic (exact) mass is 159 g/mol. The van der Waals surface area contributed by atoms with Gasteiger partial charge in [0.2, 0.25) is 0 Å². The molecule has 0 atom stereocenters. The molecule has 2 aliphatic rings. The summed E-state index contributed by atoms with van der Waals surface area (Å²) < 4.78 is 0. The van der Waals surface area contributed by atoms with E-state index in [9.17, 15) is 0 Å². The van der Waals surface area contributed by atoms with Gasteiger partial charge in [0.25, 0.3) is 0 Å². The molecule has 0 saturated carbocycles. The van der Waals surface area contributed by atoms with Gasteiger partial charge in [-0.25, -0.2) is 0 Å². The molecule has 0 amide bonds. The third-order valence-corrected chi connectivity index (χ3v) is 2.87. The van der Waals surface area contributed by atoms with Crippen molar-refractivity contribution in [2.75, 3.05) is 0 Å². The van der Waals surface area contributed by atoms with Gasteiger partial charge >= 0.3 is 0 Å². The van der Waals surface area contributed by atoms with Gasteiger partial charge < -0.3 is 0 Å². The average Bonchev–Trinajstić information content (AvgIpc) is 2.51. The fourth-order valence-electron chi connectivity index (χ4n) is 1.88. The summed E-state index contributed by atoms with van der Waals surface area (Å²) in [7, 11) is 0. The molecule has 0 radical (unpaired) electrons. The first-order chi connectivity index (χ1) is 5.63. The summed E-state index contributed by atoms with van der Waals surface area (Å²) in [5, 5.41) is 0. The van der Waals surface area contributed by atoms with E-state index in [1.54, 1.807) is 0 Å². The molecule has 2 rings (SSSR count). The van der Waals surface area contributed by atoms with Crippen molar-refractivity contribution in [3.8, 4) is 0 Å². The topological polar surface area (TPSA) is 12.4 Å². The minimum Gasteiger partial charge on any atom is -0.256 e. The Bertz CT molecular complexity index is 376. The van der Waals surface area contributed by atoms with E-state index >= 15 is 0 Å². The van der Waals surface area contributed by atoms with Gasteiger partial charge in [0.05, 0.1) is 5.70 Å². The number of nitrogens with zero attached hydrogens (tertiary/aromatic N) is 1. The molecule has 0 fully saturated rings. The Hall–Kier alpha value is -1.11. The molecular formula is C11H13N. The van der Waals surface area contributed by atoms with Crippen LogP contribution in [0.3, 0.4) is 0 Å². The maximum Gasteiger partial charge on any atom is 0.0739 e. The summed E-state index contributed by atoms with van der Waals surface area (Å²) >= 11 is 0. The SMILES string of the molecule is CC1=C2C(C)=C(C)C(C)=C2N=C1. The van der Waals surface area contributed by atoms with Gasteiger partial charge in [-0.15, -0.1) is 0 Å². The first kappa shape index (κ1) is 7.53. The summed E-state index contributed by atoms with van der Waals surface area (Å²) in [4.78, 5) is 4.40. The molecular weight excluding hydrogens is 146 g/mol. The van der Waals surface area contributed by atoms with Crippen LogP contribution in [0.4, 0.5) is 0 Å². The smallest absolute Gasteiger partial charge is 0.0739 e. The molecule has 0 aromatic carbocycles. The predicted octanol–water partition coefficient (Wildman–Crippen LogP) is 3.01. The van der Waals surface area contributed by atoms with Crippen molar-refractivity contribution in [2.24, 2.45) is 4.99 Å². The zero-order valence-electron chi connectivity index (χ0n) is 8.02. The van der Waals surface area contributed by atoms with Crippen LogP contribution in [0.1, 0.15) is 27.7 Å². The van der Waals surface area contributed by atoms with E-state index in [0.29, 0.717) is 0 Å². The summed E-state index contributed by atoms with van der Waals surface area (Å²) in [5.74, 6) is 0. The molecule has 0 unspecified atom stereocenters. The lowest BCUT2D eigenvalue weighted by atomic mass is 10.0. The lowest BCUT2D eigenvalue weighted by molar-refractivity contribution is 1.29. The van der Waals surface area contributed by atoms with Crippen LogP contribution in [0.15, 0.2) is 38.6 Å². The molecule has 0 saturated heterocycles. The molecule has 12 heavy (non-hydrogen) atoms. The van der Waals surface area contributed by atoms with Gasteiger partial charge in [0, 0.05) is 11.8 Å². The number of hydrogen-bond donors (Lipinski definition) is 0. The van der Waals surface area contributed by atoms with Crippen molar-refractivity contribution in [3.05, 3.63) is 33.6 Å². The quantitative estimate of drug-likeness (QED) is 0.515. The fraction of sp³-hybridized carbons (Fsp3) is 0.364. The lowest BCUT2D eigenvalue weighted by Gasteiger charge is -1.98. The van der Waals surface area contributed by atoms with E-state index in [-0.39, 0.29) is 0 Å². The van der Waals surface area contributed by atoms with Crippen LogP contribution in [0, 0.1) is 0 Å². The van der Waals surface area contributed by atoms with Gasteiger partial charge in [-0.1, -0.05) is 0 Å². The van der Waals surface area contributed by atoms with Gasteiger partial charge in [-0.05, 0) is 50.0 Å². The lowest BCUT2D eigenvalue weighted by Crippen LogP contribution is -1.83. The summed E-state index contributed by atoms with van der Waals surface area (Å²) in [6, 6.07) is 0. The van der Waals surface area contributed by atoms with Crippen molar-refractivity contribution in [1.82, 2.24) is 0 Å². The largest absolute Gasteiger partial charge is 0.256 e. The van der Waals surface area contributed by atoms with Gasteiger partial charge in [0.15, 0.2) is 0 Å². The minimum absolute atomic E-state index is 1.20. The number of rotatable bonds is 0. The van der Waals surface area contributed by atoms with E-state index in [4.69, 9.17) is 0 Å². The van der Waals surface area contributed by atoms with Crippen LogP contribution < -0.4 is 0 Å². The molecule has 62 valence electrons. The van der Waals surface area contributed by atoms with Crippen LogP contribution in [0.2, 0.25) is 0 Å². The Morgan fingerprint density at radius 3 is 2.17 bits per heavy atom. The molecule has 0 aromatic rings. The number of hydrogen-bond acceptors (Lipinski definition) is 1. The van der Waals surface area contributed by atoms with Crippen LogP contribution in [0.5, 0.6) is 0 Å². The average molecular weight is 159 g/mol. The van der Waals surface area contributed by atoms with Crippen LogP contribution >= 0.6 is 0 Å². The molecule has 1 aliphatic carbocycles. The zero-order valence-corrected chi connectivity index (χ0v) is 8.02. The zero-order chi connectivity index (χ0) is 8.88. The Balaban J connectivity index is 2.70. The summed E-state index contributed by atoms with van der Waals surface area (Å²) in [6.45, 7) is 8.63. The normalized spacial score (nSPS) is 21.7. The van der Waals surface area contributed by atoms with Crippen LogP contribution in [0.25, 0.3) is 0 Å². The number of fused-ring (bicyclic) bond motifs is 1. The molecule has 0 bridgehead atoms. The second kappa shape index (κ2) is 2.19. The van der Waals surface area contributed by atoms with Crippen molar-refractivity contribution in [3.63, 3.8) is 0 Å². The van der Waals surface area contributed by atoms with E-state index in [1.807, 2.05) is 6.21 Å². The molecule has 0 spiro atoms. The highest BCUT2D eigenvalue weighted by atomic mass is 14.8. The summed E-state index contributed by atoms with van der Waals surface area (Å²) in [5.41, 5.74) is 8.01. The minimum atomic E-state index is 1.20. The third kappa shape index (κ3) is 0.711. The third-order valence-electron chi connectivity index (χ3n) is 2.87. The fourth-order valence-corrected chi connectivity index (χ4v) is 1.88. The highest BCUT2D eigenvalue weighted by Gasteiger charge is 2.24. The number of allylic oxidation sites excluding steroid dienone is 4. The Labute approximate surface area is 73.2 Å². The second-order valence-electron chi connectivity index (χ2n) is 3.54. The molecule has 1 aliphatic heterocycles. The van der Waals surface area contributed by atoms with Crippen LogP contribution in [-0.4, -0.2) is 6.21 Å². The highest BCUT2D eigenvalue weighted by molar-refractivity contribution is 5.90. The van der Waals surface area contributed by atoms with Crippen molar-refractivity contribution in [1.29, 1.82) is 0 Å². The van der Waals surface area contributed by atoms with Crippen molar-refractivity contribution < 1.29 is 0 Å². The Kier molecular flexibility index (Phi) is 1.38. The molecule has 0 N–H and O–H groups in total. The maximum atomic E-state index is 4.40. The van der Waals surface area contributed by atoms with E-state index in [1.165, 1.54) is 33.6 Å². The molecule has 1 heteroatoms. The van der Waals surface area contributed by atoms with Crippen molar-refractivity contribution in [2.45, 2.75) is 27.7 Å².